The maximum Gasteiger partial charge on any atom is 0.407 e. The molecule has 0 radical (unpaired) electrons. The SMILES string of the molecule is CC(C)(C)OC(=O)NCCCCCC(=O)NCc1ccccn1. The van der Waals surface area contributed by atoms with Crippen molar-refractivity contribution in [1.29, 1.82) is 0 Å². The zero-order valence-corrected chi connectivity index (χ0v) is 14.2. The molecule has 1 aromatic rings. The summed E-state index contributed by atoms with van der Waals surface area (Å²) in [6, 6.07) is 5.62. The third-order valence-corrected chi connectivity index (χ3v) is 2.94. The molecule has 1 rings (SSSR count). The maximum absolute atomic E-state index is 11.7. The lowest BCUT2D eigenvalue weighted by Crippen LogP contribution is -2.33. The molecule has 0 saturated heterocycles. The van der Waals surface area contributed by atoms with E-state index in [9.17, 15) is 9.59 Å². The third kappa shape index (κ3) is 10.3. The number of nitrogens with one attached hydrogen (secondary N) is 2. The highest BCUT2D eigenvalue weighted by atomic mass is 16.6. The number of hydrogen-bond donors (Lipinski definition) is 2. The smallest absolute Gasteiger partial charge is 0.407 e. The van der Waals surface area contributed by atoms with Crippen LogP contribution in [0.5, 0.6) is 0 Å². The molecule has 1 heterocycles. The average Bonchev–Trinajstić information content (AvgIpc) is 2.48. The lowest BCUT2D eigenvalue weighted by molar-refractivity contribution is -0.121. The minimum absolute atomic E-state index is 0.0238. The van der Waals surface area contributed by atoms with E-state index in [2.05, 4.69) is 15.6 Å². The van der Waals surface area contributed by atoms with Crippen LogP contribution in [0.4, 0.5) is 4.79 Å². The molecule has 6 nitrogen and oxygen atoms in total. The van der Waals surface area contributed by atoms with Gasteiger partial charge in [-0.1, -0.05) is 12.5 Å². The second-order valence-electron chi connectivity index (χ2n) is 6.34. The quantitative estimate of drug-likeness (QED) is 0.722. The van der Waals surface area contributed by atoms with Crippen LogP contribution in [0.3, 0.4) is 0 Å². The van der Waals surface area contributed by atoms with Gasteiger partial charge in [0.05, 0.1) is 12.2 Å². The molecular formula is C17H27N3O3. The van der Waals surface area contributed by atoms with Crippen LogP contribution in [0.25, 0.3) is 0 Å². The number of ether oxygens (including phenoxy) is 1. The summed E-state index contributed by atoms with van der Waals surface area (Å²) in [4.78, 5) is 27.2. The van der Waals surface area contributed by atoms with Gasteiger partial charge in [-0.05, 0) is 45.7 Å². The Morgan fingerprint density at radius 1 is 1.13 bits per heavy atom. The number of carbonyl (C=O) groups excluding carboxylic acids is 2. The van der Waals surface area contributed by atoms with Gasteiger partial charge in [0.1, 0.15) is 5.60 Å². The Kier molecular flexibility index (Phi) is 8.08. The molecule has 2 N–H and O–H groups in total. The Balaban J connectivity index is 2.00. The molecular weight excluding hydrogens is 294 g/mol. The van der Waals surface area contributed by atoms with Gasteiger partial charge in [-0.25, -0.2) is 4.79 Å². The first-order valence-electron chi connectivity index (χ1n) is 8.00. The summed E-state index contributed by atoms with van der Waals surface area (Å²) in [5, 5.41) is 5.55. The van der Waals surface area contributed by atoms with Gasteiger partial charge >= 0.3 is 6.09 Å². The van der Waals surface area contributed by atoms with Crippen molar-refractivity contribution in [3.05, 3.63) is 30.1 Å². The Labute approximate surface area is 138 Å². The number of amides is 2. The van der Waals surface area contributed by atoms with Crippen molar-refractivity contribution in [1.82, 2.24) is 15.6 Å². The highest BCUT2D eigenvalue weighted by Crippen LogP contribution is 2.06. The molecule has 0 spiro atoms. The summed E-state index contributed by atoms with van der Waals surface area (Å²) >= 11 is 0. The molecule has 0 unspecified atom stereocenters. The van der Waals surface area contributed by atoms with Crippen LogP contribution < -0.4 is 10.6 Å². The normalized spacial score (nSPS) is 10.9. The number of nitrogens with zero attached hydrogens (tertiary/aromatic N) is 1. The van der Waals surface area contributed by atoms with Gasteiger partial charge in [0.15, 0.2) is 0 Å². The van der Waals surface area contributed by atoms with Crippen LogP contribution in [-0.4, -0.2) is 29.1 Å². The van der Waals surface area contributed by atoms with Gasteiger partial charge in [-0.3, -0.25) is 9.78 Å². The van der Waals surface area contributed by atoms with E-state index in [-0.39, 0.29) is 5.91 Å². The maximum atomic E-state index is 11.7. The number of rotatable bonds is 8. The molecule has 128 valence electrons. The highest BCUT2D eigenvalue weighted by molar-refractivity contribution is 5.75. The Bertz CT molecular complexity index is 484. The van der Waals surface area contributed by atoms with E-state index >= 15 is 0 Å². The first-order valence-corrected chi connectivity index (χ1v) is 8.00. The monoisotopic (exact) mass is 321 g/mol. The van der Waals surface area contributed by atoms with Crippen LogP contribution >= 0.6 is 0 Å². The van der Waals surface area contributed by atoms with Crippen molar-refractivity contribution < 1.29 is 14.3 Å². The molecule has 0 aliphatic carbocycles. The fourth-order valence-corrected chi connectivity index (χ4v) is 1.87. The Hall–Kier alpha value is -2.11. The zero-order valence-electron chi connectivity index (χ0n) is 14.2. The number of hydrogen-bond acceptors (Lipinski definition) is 4. The zero-order chi connectivity index (χ0) is 17.1. The van der Waals surface area contributed by atoms with Crippen molar-refractivity contribution >= 4 is 12.0 Å². The van der Waals surface area contributed by atoms with Gasteiger partial charge in [0.25, 0.3) is 0 Å². The van der Waals surface area contributed by atoms with Crippen LogP contribution in [0.1, 0.15) is 52.1 Å². The molecule has 23 heavy (non-hydrogen) atoms. The molecule has 6 heteroatoms. The second-order valence-corrected chi connectivity index (χ2v) is 6.34. The molecule has 0 atom stereocenters. The van der Waals surface area contributed by atoms with Gasteiger partial charge in [-0.2, -0.15) is 0 Å². The fraction of sp³-hybridized carbons (Fsp3) is 0.588. The predicted octanol–water partition coefficient (Wildman–Crippen LogP) is 2.78. The summed E-state index contributed by atoms with van der Waals surface area (Å²) in [6.45, 7) is 6.51. The Morgan fingerprint density at radius 2 is 1.91 bits per heavy atom. The van der Waals surface area contributed by atoms with E-state index < -0.39 is 11.7 Å². The summed E-state index contributed by atoms with van der Waals surface area (Å²) in [5.41, 5.74) is 0.373. The standard InChI is InChI=1S/C17H27N3O3/c1-17(2,3)23-16(22)19-12-7-4-5-10-15(21)20-13-14-9-6-8-11-18-14/h6,8-9,11H,4-5,7,10,12-13H2,1-3H3,(H,19,22)(H,20,21). The molecule has 0 saturated carbocycles. The molecule has 0 aliphatic rings. The van der Waals surface area contributed by atoms with E-state index in [1.54, 1.807) is 6.20 Å². The molecule has 0 fully saturated rings. The van der Waals surface area contributed by atoms with Crippen LogP contribution in [0, 0.1) is 0 Å². The summed E-state index contributed by atoms with van der Waals surface area (Å²) in [5.74, 6) is 0.0238. The summed E-state index contributed by atoms with van der Waals surface area (Å²) in [7, 11) is 0. The lowest BCUT2D eigenvalue weighted by Gasteiger charge is -2.19. The number of aromatic nitrogens is 1. The number of pyridine rings is 1. The van der Waals surface area contributed by atoms with Gasteiger partial charge in [0, 0.05) is 19.2 Å². The van der Waals surface area contributed by atoms with Gasteiger partial charge < -0.3 is 15.4 Å². The lowest BCUT2D eigenvalue weighted by atomic mass is 10.2. The van der Waals surface area contributed by atoms with Crippen LogP contribution in [-0.2, 0) is 16.1 Å². The van der Waals surface area contributed by atoms with Crippen molar-refractivity contribution in [2.24, 2.45) is 0 Å². The summed E-state index contributed by atoms with van der Waals surface area (Å²) in [6.07, 6.45) is 4.30. The molecule has 1 aromatic heterocycles. The predicted molar refractivity (Wildman–Crippen MR) is 88.8 cm³/mol. The fourth-order valence-electron chi connectivity index (χ4n) is 1.87. The third-order valence-electron chi connectivity index (χ3n) is 2.94. The van der Waals surface area contributed by atoms with Gasteiger partial charge in [-0.15, -0.1) is 0 Å². The first kappa shape index (κ1) is 18.9. The highest BCUT2D eigenvalue weighted by Gasteiger charge is 2.15. The second kappa shape index (κ2) is 9.82. The van der Waals surface area contributed by atoms with Crippen molar-refractivity contribution in [3.8, 4) is 0 Å². The minimum Gasteiger partial charge on any atom is -0.444 e. The molecule has 2 amide bonds. The van der Waals surface area contributed by atoms with Crippen LogP contribution in [0.2, 0.25) is 0 Å². The molecule has 0 aliphatic heterocycles. The van der Waals surface area contributed by atoms with E-state index in [4.69, 9.17) is 4.74 Å². The van der Waals surface area contributed by atoms with E-state index in [0.717, 1.165) is 25.0 Å². The van der Waals surface area contributed by atoms with Gasteiger partial charge in [0.2, 0.25) is 5.91 Å². The van der Waals surface area contributed by atoms with Crippen molar-refractivity contribution in [2.75, 3.05) is 6.54 Å². The molecule has 0 bridgehead atoms. The molecule has 0 aromatic carbocycles. The van der Waals surface area contributed by atoms with E-state index in [1.165, 1.54) is 0 Å². The Morgan fingerprint density at radius 3 is 2.57 bits per heavy atom. The van der Waals surface area contributed by atoms with E-state index in [0.29, 0.717) is 19.5 Å². The van der Waals surface area contributed by atoms with Crippen LogP contribution in [0.15, 0.2) is 24.4 Å². The number of unbranched alkanes of at least 4 members (excludes halogenated alkanes) is 2. The number of alkyl carbamates (subject to hydrolysis) is 1. The summed E-state index contributed by atoms with van der Waals surface area (Å²) < 4.78 is 5.14. The largest absolute Gasteiger partial charge is 0.444 e. The first-order chi connectivity index (χ1) is 10.9. The van der Waals surface area contributed by atoms with Crippen molar-refractivity contribution in [2.45, 2.75) is 58.6 Å². The average molecular weight is 321 g/mol. The minimum atomic E-state index is -0.476. The van der Waals surface area contributed by atoms with E-state index in [1.807, 2.05) is 39.0 Å². The topological polar surface area (TPSA) is 80.3 Å². The van der Waals surface area contributed by atoms with Crippen molar-refractivity contribution in [3.63, 3.8) is 0 Å². The number of carbonyl (C=O) groups is 2.